The highest BCUT2D eigenvalue weighted by molar-refractivity contribution is 5.15. The summed E-state index contributed by atoms with van der Waals surface area (Å²) in [5, 5.41) is 13.9. The van der Waals surface area contributed by atoms with Crippen molar-refractivity contribution in [3.05, 3.63) is 72.4 Å². The zero-order chi connectivity index (χ0) is 19.4. The molecular weight excluding hydrogens is 332 g/mol. The SMILES string of the molecule is C=CC=CC=C(C)CNCCCNCCNCCCNCc1ccccc1. The maximum absolute atomic E-state index is 3.66. The van der Waals surface area contributed by atoms with Gasteiger partial charge >= 0.3 is 0 Å². The van der Waals surface area contributed by atoms with E-state index in [1.54, 1.807) is 6.08 Å². The van der Waals surface area contributed by atoms with E-state index in [0.717, 1.165) is 65.2 Å². The Morgan fingerprint density at radius 2 is 1.44 bits per heavy atom. The summed E-state index contributed by atoms with van der Waals surface area (Å²) in [7, 11) is 0. The van der Waals surface area contributed by atoms with Gasteiger partial charge in [0.1, 0.15) is 0 Å². The smallest absolute Gasteiger partial charge is 0.0205 e. The molecule has 0 aliphatic rings. The molecule has 0 bridgehead atoms. The molecule has 4 heteroatoms. The van der Waals surface area contributed by atoms with Gasteiger partial charge in [-0.15, -0.1) is 0 Å². The Labute approximate surface area is 166 Å². The van der Waals surface area contributed by atoms with E-state index in [-0.39, 0.29) is 0 Å². The molecule has 0 fully saturated rings. The van der Waals surface area contributed by atoms with E-state index in [4.69, 9.17) is 0 Å². The molecule has 0 saturated heterocycles. The highest BCUT2D eigenvalue weighted by atomic mass is 14.9. The minimum atomic E-state index is 0.946. The number of rotatable bonds is 17. The molecule has 0 amide bonds. The monoisotopic (exact) mass is 370 g/mol. The summed E-state index contributed by atoms with van der Waals surface area (Å²) >= 11 is 0. The highest BCUT2D eigenvalue weighted by Gasteiger charge is 1.93. The van der Waals surface area contributed by atoms with Crippen LogP contribution in [0.2, 0.25) is 0 Å². The minimum absolute atomic E-state index is 0.946. The Hall–Kier alpha value is -1.72. The first-order chi connectivity index (χ1) is 13.3. The lowest BCUT2D eigenvalue weighted by Gasteiger charge is -2.08. The van der Waals surface area contributed by atoms with Crippen molar-refractivity contribution < 1.29 is 0 Å². The molecule has 1 rings (SSSR count). The number of hydrogen-bond donors (Lipinski definition) is 4. The number of benzene rings is 1. The molecule has 0 atom stereocenters. The first-order valence-corrected chi connectivity index (χ1v) is 10.1. The molecule has 4 N–H and O–H groups in total. The second kappa shape index (κ2) is 17.7. The first kappa shape index (κ1) is 23.3. The van der Waals surface area contributed by atoms with E-state index in [1.807, 2.05) is 12.2 Å². The van der Waals surface area contributed by atoms with Gasteiger partial charge in [0.15, 0.2) is 0 Å². The predicted octanol–water partition coefficient (Wildman–Crippen LogP) is 3.01. The van der Waals surface area contributed by atoms with Gasteiger partial charge in [-0.2, -0.15) is 0 Å². The lowest BCUT2D eigenvalue weighted by Crippen LogP contribution is -2.31. The average molecular weight is 371 g/mol. The van der Waals surface area contributed by atoms with Crippen LogP contribution in [0.3, 0.4) is 0 Å². The summed E-state index contributed by atoms with van der Waals surface area (Å²) in [5.74, 6) is 0. The fourth-order valence-electron chi connectivity index (χ4n) is 2.58. The lowest BCUT2D eigenvalue weighted by molar-refractivity contribution is 0.559. The van der Waals surface area contributed by atoms with Gasteiger partial charge in [0.05, 0.1) is 0 Å². The maximum atomic E-state index is 3.66. The van der Waals surface area contributed by atoms with Crippen LogP contribution >= 0.6 is 0 Å². The molecule has 1 aromatic rings. The molecular formula is C23H38N4. The summed E-state index contributed by atoms with van der Waals surface area (Å²) < 4.78 is 0. The molecule has 4 nitrogen and oxygen atoms in total. The quantitative estimate of drug-likeness (QED) is 0.251. The van der Waals surface area contributed by atoms with Crippen molar-refractivity contribution in [3.8, 4) is 0 Å². The second-order valence-corrected chi connectivity index (χ2v) is 6.68. The van der Waals surface area contributed by atoms with Crippen molar-refractivity contribution in [1.82, 2.24) is 21.3 Å². The number of nitrogens with one attached hydrogen (secondary N) is 4. The van der Waals surface area contributed by atoms with Crippen LogP contribution in [0.4, 0.5) is 0 Å². The van der Waals surface area contributed by atoms with Crippen molar-refractivity contribution in [2.75, 3.05) is 45.8 Å². The molecule has 0 aliphatic heterocycles. The van der Waals surface area contributed by atoms with E-state index >= 15 is 0 Å². The van der Waals surface area contributed by atoms with Gasteiger partial charge in [0.25, 0.3) is 0 Å². The van der Waals surface area contributed by atoms with Crippen LogP contribution in [-0.2, 0) is 6.54 Å². The summed E-state index contributed by atoms with van der Waals surface area (Å²) in [6.07, 6.45) is 10.2. The third kappa shape index (κ3) is 15.1. The zero-order valence-corrected chi connectivity index (χ0v) is 17.0. The third-order valence-corrected chi connectivity index (χ3v) is 4.10. The molecule has 0 saturated carbocycles. The molecule has 0 aliphatic carbocycles. The average Bonchev–Trinajstić information content (AvgIpc) is 2.69. The Kier molecular flexibility index (Phi) is 15.3. The summed E-state index contributed by atoms with van der Waals surface area (Å²) in [4.78, 5) is 0. The summed E-state index contributed by atoms with van der Waals surface area (Å²) in [5.41, 5.74) is 2.68. The Balaban J connectivity index is 1.78. The van der Waals surface area contributed by atoms with Crippen molar-refractivity contribution in [2.24, 2.45) is 0 Å². The summed E-state index contributed by atoms with van der Waals surface area (Å²) in [6.45, 7) is 14.0. The summed E-state index contributed by atoms with van der Waals surface area (Å²) in [6, 6.07) is 10.5. The lowest BCUT2D eigenvalue weighted by atomic mass is 10.2. The Morgan fingerprint density at radius 1 is 0.815 bits per heavy atom. The molecule has 0 heterocycles. The number of allylic oxidation sites excluding steroid dienone is 4. The molecule has 0 spiro atoms. The predicted molar refractivity (Wildman–Crippen MR) is 119 cm³/mol. The molecule has 0 unspecified atom stereocenters. The van der Waals surface area contributed by atoms with Gasteiger partial charge in [0.2, 0.25) is 0 Å². The van der Waals surface area contributed by atoms with Crippen LogP contribution in [0.15, 0.2) is 66.8 Å². The maximum Gasteiger partial charge on any atom is 0.0205 e. The van der Waals surface area contributed by atoms with Gasteiger partial charge in [0, 0.05) is 26.2 Å². The zero-order valence-electron chi connectivity index (χ0n) is 17.0. The Bertz CT molecular complexity index is 522. The minimum Gasteiger partial charge on any atom is -0.315 e. The van der Waals surface area contributed by atoms with Gasteiger partial charge in [-0.05, 0) is 51.5 Å². The van der Waals surface area contributed by atoms with E-state index in [9.17, 15) is 0 Å². The van der Waals surface area contributed by atoms with Crippen molar-refractivity contribution >= 4 is 0 Å². The molecule has 0 radical (unpaired) electrons. The first-order valence-electron chi connectivity index (χ1n) is 10.1. The van der Waals surface area contributed by atoms with E-state index in [0.29, 0.717) is 0 Å². The largest absolute Gasteiger partial charge is 0.315 e. The molecule has 150 valence electrons. The second-order valence-electron chi connectivity index (χ2n) is 6.68. The van der Waals surface area contributed by atoms with Crippen LogP contribution in [-0.4, -0.2) is 45.8 Å². The molecule has 0 aromatic heterocycles. The highest BCUT2D eigenvalue weighted by Crippen LogP contribution is 1.96. The number of hydrogen-bond acceptors (Lipinski definition) is 4. The van der Waals surface area contributed by atoms with Crippen LogP contribution in [0.1, 0.15) is 25.3 Å². The van der Waals surface area contributed by atoms with Gasteiger partial charge in [-0.3, -0.25) is 0 Å². The van der Waals surface area contributed by atoms with E-state index in [1.165, 1.54) is 11.1 Å². The van der Waals surface area contributed by atoms with Crippen LogP contribution < -0.4 is 21.3 Å². The van der Waals surface area contributed by atoms with Crippen molar-refractivity contribution in [1.29, 1.82) is 0 Å². The van der Waals surface area contributed by atoms with Crippen LogP contribution in [0, 0.1) is 0 Å². The van der Waals surface area contributed by atoms with Gasteiger partial charge in [-0.25, -0.2) is 0 Å². The van der Waals surface area contributed by atoms with Gasteiger partial charge in [-0.1, -0.05) is 66.8 Å². The fraction of sp³-hybridized carbons (Fsp3) is 0.478. The third-order valence-electron chi connectivity index (χ3n) is 4.10. The van der Waals surface area contributed by atoms with Gasteiger partial charge < -0.3 is 21.3 Å². The Morgan fingerprint density at radius 3 is 2.11 bits per heavy atom. The normalized spacial score (nSPS) is 12.0. The van der Waals surface area contributed by atoms with Crippen molar-refractivity contribution in [3.63, 3.8) is 0 Å². The van der Waals surface area contributed by atoms with Crippen molar-refractivity contribution in [2.45, 2.75) is 26.3 Å². The molecule has 1 aromatic carbocycles. The van der Waals surface area contributed by atoms with Crippen LogP contribution in [0.25, 0.3) is 0 Å². The van der Waals surface area contributed by atoms with E-state index < -0.39 is 0 Å². The molecule has 27 heavy (non-hydrogen) atoms. The standard InChI is InChI=1S/C23H38N4/c1-3-4-6-11-22(2)20-26-16-9-14-24-18-19-25-15-10-17-27-21-23-12-7-5-8-13-23/h3-8,11-13,24-27H,1,9-10,14-21H2,2H3. The van der Waals surface area contributed by atoms with Crippen LogP contribution in [0.5, 0.6) is 0 Å². The topological polar surface area (TPSA) is 48.1 Å². The van der Waals surface area contributed by atoms with E-state index in [2.05, 4.69) is 71.2 Å². The fourth-order valence-corrected chi connectivity index (χ4v) is 2.58.